The van der Waals surface area contributed by atoms with E-state index < -0.39 is 6.10 Å². The van der Waals surface area contributed by atoms with Gasteiger partial charge in [-0.25, -0.2) is 0 Å². The third kappa shape index (κ3) is 68.5. The van der Waals surface area contributed by atoms with Crippen LogP contribution in [-0.2, 0) is 28.6 Å². The zero-order valence-electron chi connectivity index (χ0n) is 54.4. The Hall–Kier alpha value is -4.19. The topological polar surface area (TPSA) is 78.9 Å². The van der Waals surface area contributed by atoms with E-state index in [-0.39, 0.29) is 31.1 Å². The molecule has 0 spiro atoms. The van der Waals surface area contributed by atoms with Crippen molar-refractivity contribution in [2.24, 2.45) is 0 Å². The summed E-state index contributed by atoms with van der Waals surface area (Å²) < 4.78 is 16.9. The zero-order valence-corrected chi connectivity index (χ0v) is 54.4. The smallest absolute Gasteiger partial charge is 0.306 e. The SMILES string of the molecule is CC/C=C\C/C=C\C/C=C\C/C=C\CCCCCCCCC(=O)OC(COC(=O)CCCC/C=C\C/C=C\C/C=C\C/C=C\CC)COC(=O)CCCCCCCCCCCCCCCCCCCCC/C=C\C/C=C\CCCCCCC. The molecule has 0 radical (unpaired) electrons. The van der Waals surface area contributed by atoms with Gasteiger partial charge in [0.1, 0.15) is 13.2 Å². The molecule has 0 saturated carbocycles. The average molecular weight is 1150 g/mol. The molecule has 6 nitrogen and oxygen atoms in total. The van der Waals surface area contributed by atoms with Gasteiger partial charge in [0, 0.05) is 19.3 Å². The molecule has 0 aromatic carbocycles. The van der Waals surface area contributed by atoms with Crippen molar-refractivity contribution >= 4 is 17.9 Å². The minimum Gasteiger partial charge on any atom is -0.462 e. The summed E-state index contributed by atoms with van der Waals surface area (Å²) in [5, 5.41) is 0. The van der Waals surface area contributed by atoms with Crippen molar-refractivity contribution in [3.63, 3.8) is 0 Å². The van der Waals surface area contributed by atoms with Gasteiger partial charge in [0.2, 0.25) is 0 Å². The van der Waals surface area contributed by atoms with Crippen molar-refractivity contribution < 1.29 is 28.6 Å². The first-order valence-electron chi connectivity index (χ1n) is 35.0. The summed E-state index contributed by atoms with van der Waals surface area (Å²) in [5.41, 5.74) is 0. The number of allylic oxidation sites excluding steroid dienone is 20. The van der Waals surface area contributed by atoms with Crippen LogP contribution in [0.1, 0.15) is 329 Å². The molecule has 83 heavy (non-hydrogen) atoms. The molecule has 0 aliphatic rings. The van der Waals surface area contributed by atoms with Gasteiger partial charge in [0.25, 0.3) is 0 Å². The van der Waals surface area contributed by atoms with Crippen LogP contribution in [0.25, 0.3) is 0 Å². The highest BCUT2D eigenvalue weighted by atomic mass is 16.6. The Morgan fingerprint density at radius 1 is 0.253 bits per heavy atom. The Balaban J connectivity index is 4.28. The van der Waals surface area contributed by atoms with Gasteiger partial charge >= 0.3 is 17.9 Å². The molecule has 0 aliphatic carbocycles. The Kier molecular flexibility index (Phi) is 66.7. The molecule has 0 N–H and O–H groups in total. The first kappa shape index (κ1) is 78.8. The van der Waals surface area contributed by atoms with Gasteiger partial charge in [-0.1, -0.05) is 303 Å². The monoisotopic (exact) mass is 1150 g/mol. The Morgan fingerprint density at radius 3 is 0.759 bits per heavy atom. The Morgan fingerprint density at radius 2 is 0.470 bits per heavy atom. The lowest BCUT2D eigenvalue weighted by atomic mass is 10.0. The van der Waals surface area contributed by atoms with E-state index in [9.17, 15) is 14.4 Å². The van der Waals surface area contributed by atoms with E-state index in [1.807, 2.05) is 0 Å². The number of rotatable bonds is 63. The van der Waals surface area contributed by atoms with Crippen LogP contribution in [0.5, 0.6) is 0 Å². The number of unbranched alkanes of at least 4 members (excludes halogenated alkanes) is 32. The molecule has 0 aromatic rings. The maximum absolute atomic E-state index is 12.9. The van der Waals surface area contributed by atoms with Gasteiger partial charge in [-0.15, -0.1) is 0 Å². The molecule has 6 heteroatoms. The van der Waals surface area contributed by atoms with Crippen LogP contribution in [-0.4, -0.2) is 37.2 Å². The van der Waals surface area contributed by atoms with Gasteiger partial charge < -0.3 is 14.2 Å². The molecule has 1 atom stereocenters. The highest BCUT2D eigenvalue weighted by molar-refractivity contribution is 5.71. The standard InChI is InChI=1S/C77H130O6/c1-4-7-10-13-16-19-22-25-28-30-32-33-34-35-36-37-38-39-40-41-42-43-45-46-49-52-55-58-61-64-67-70-76(79)82-73-74(72-81-75(78)69-66-63-60-57-54-51-48-27-24-21-18-15-12-9-6-3)83-77(80)71-68-65-62-59-56-53-50-47-44-31-29-26-23-20-17-14-11-8-5-2/h8-9,11-12,17-18,20-22,25-27,29-30,32,44,47-48,54,57,74H,4-7,10,13-16,19,23-24,28,31,33-43,45-46,49-53,55-56,58-73H2,1-3H3/b11-8-,12-9-,20-17-,21-18-,25-22-,29-26-,32-30-,47-44-,48-27-,57-54-. The summed E-state index contributed by atoms with van der Waals surface area (Å²) >= 11 is 0. The Bertz CT molecular complexity index is 1700. The van der Waals surface area contributed by atoms with E-state index in [4.69, 9.17) is 14.2 Å². The first-order valence-corrected chi connectivity index (χ1v) is 35.0. The van der Waals surface area contributed by atoms with Gasteiger partial charge in [-0.2, -0.15) is 0 Å². The van der Waals surface area contributed by atoms with E-state index >= 15 is 0 Å². The fourth-order valence-electron chi connectivity index (χ4n) is 9.75. The van der Waals surface area contributed by atoms with E-state index in [2.05, 4.69) is 142 Å². The fourth-order valence-corrected chi connectivity index (χ4v) is 9.75. The number of esters is 3. The van der Waals surface area contributed by atoms with Crippen molar-refractivity contribution in [3.8, 4) is 0 Å². The van der Waals surface area contributed by atoms with Crippen LogP contribution in [0.3, 0.4) is 0 Å². The highest BCUT2D eigenvalue weighted by Crippen LogP contribution is 2.17. The summed E-state index contributed by atoms with van der Waals surface area (Å²) in [6.07, 6.45) is 98.1. The van der Waals surface area contributed by atoms with Crippen LogP contribution in [0.4, 0.5) is 0 Å². The normalized spacial score (nSPS) is 12.9. The molecule has 0 fully saturated rings. The maximum atomic E-state index is 12.9. The summed E-state index contributed by atoms with van der Waals surface area (Å²) in [6.45, 7) is 6.38. The van der Waals surface area contributed by atoms with Crippen molar-refractivity contribution in [1.29, 1.82) is 0 Å². The Labute approximate surface area is 513 Å². The van der Waals surface area contributed by atoms with Crippen molar-refractivity contribution in [3.05, 3.63) is 122 Å². The minimum absolute atomic E-state index is 0.0974. The van der Waals surface area contributed by atoms with E-state index in [1.165, 1.54) is 161 Å². The van der Waals surface area contributed by atoms with Crippen LogP contribution in [0.2, 0.25) is 0 Å². The van der Waals surface area contributed by atoms with Crippen LogP contribution < -0.4 is 0 Å². The summed E-state index contributed by atoms with van der Waals surface area (Å²) in [4.78, 5) is 38.4. The van der Waals surface area contributed by atoms with Gasteiger partial charge in [-0.05, 0) is 128 Å². The van der Waals surface area contributed by atoms with Crippen LogP contribution in [0.15, 0.2) is 122 Å². The largest absolute Gasteiger partial charge is 0.462 e. The van der Waals surface area contributed by atoms with E-state index in [0.29, 0.717) is 19.3 Å². The summed E-state index contributed by atoms with van der Waals surface area (Å²) in [5.74, 6) is -0.946. The molecule has 1 unspecified atom stereocenters. The van der Waals surface area contributed by atoms with Crippen molar-refractivity contribution in [1.82, 2.24) is 0 Å². The second-order valence-electron chi connectivity index (χ2n) is 23.0. The average Bonchev–Trinajstić information content (AvgIpc) is 3.49. The molecular weight excluding hydrogens is 1020 g/mol. The highest BCUT2D eigenvalue weighted by Gasteiger charge is 2.19. The van der Waals surface area contributed by atoms with Gasteiger partial charge in [0.15, 0.2) is 6.10 Å². The third-order valence-electron chi connectivity index (χ3n) is 14.9. The second-order valence-corrected chi connectivity index (χ2v) is 23.0. The fraction of sp³-hybridized carbons (Fsp3) is 0.701. The lowest BCUT2D eigenvalue weighted by molar-refractivity contribution is -0.167. The summed E-state index contributed by atoms with van der Waals surface area (Å²) in [6, 6.07) is 0. The predicted octanol–water partition coefficient (Wildman–Crippen LogP) is 24.3. The van der Waals surface area contributed by atoms with Gasteiger partial charge in [0.05, 0.1) is 0 Å². The number of hydrogen-bond donors (Lipinski definition) is 0. The lowest BCUT2D eigenvalue weighted by Gasteiger charge is -2.18. The molecule has 0 saturated heterocycles. The summed E-state index contributed by atoms with van der Waals surface area (Å²) in [7, 11) is 0. The third-order valence-corrected chi connectivity index (χ3v) is 14.9. The number of hydrogen-bond acceptors (Lipinski definition) is 6. The molecule has 0 amide bonds. The maximum Gasteiger partial charge on any atom is 0.306 e. The minimum atomic E-state index is -0.807. The van der Waals surface area contributed by atoms with E-state index in [1.54, 1.807) is 0 Å². The van der Waals surface area contributed by atoms with Crippen molar-refractivity contribution in [2.75, 3.05) is 13.2 Å². The van der Waals surface area contributed by atoms with Gasteiger partial charge in [-0.3, -0.25) is 14.4 Å². The number of ether oxygens (including phenoxy) is 3. The molecular formula is C77H130O6. The molecule has 0 bridgehead atoms. The zero-order chi connectivity index (χ0) is 59.9. The lowest BCUT2D eigenvalue weighted by Crippen LogP contribution is -2.30. The number of carbonyl (C=O) groups is 3. The molecule has 0 aliphatic heterocycles. The van der Waals surface area contributed by atoms with Crippen LogP contribution in [0, 0.1) is 0 Å². The van der Waals surface area contributed by atoms with Crippen molar-refractivity contribution in [2.45, 2.75) is 335 Å². The predicted molar refractivity (Wildman–Crippen MR) is 362 cm³/mol. The quantitative estimate of drug-likeness (QED) is 0.0261. The molecule has 0 rings (SSSR count). The number of carbonyl (C=O) groups excluding carboxylic acids is 3. The first-order chi connectivity index (χ1) is 41.0. The molecule has 0 heterocycles. The molecule has 0 aromatic heterocycles. The molecule has 474 valence electrons. The second kappa shape index (κ2) is 70.3. The van der Waals surface area contributed by atoms with E-state index in [0.717, 1.165) is 128 Å². The van der Waals surface area contributed by atoms with Crippen LogP contribution >= 0.6 is 0 Å².